The third kappa shape index (κ3) is 3.03. The number of nitrogens with zero attached hydrogens (tertiary/aromatic N) is 3. The van der Waals surface area contributed by atoms with E-state index in [0.717, 1.165) is 16.7 Å². The summed E-state index contributed by atoms with van der Waals surface area (Å²) in [5, 5.41) is 10.4. The SMILES string of the molecule is Cc1cc([Si](C)(C)C)c2nnn(-c3ccc(C(C)(C)C)cc3)c2c1. The molecule has 3 rings (SSSR count). The minimum atomic E-state index is -1.47. The Morgan fingerprint density at radius 2 is 1.58 bits per heavy atom. The Kier molecular flexibility index (Phi) is 3.91. The fourth-order valence-corrected chi connectivity index (χ4v) is 4.58. The van der Waals surface area contributed by atoms with Gasteiger partial charge in [0, 0.05) is 0 Å². The summed E-state index contributed by atoms with van der Waals surface area (Å²) in [6, 6.07) is 13.2. The van der Waals surface area contributed by atoms with Crippen molar-refractivity contribution in [3.8, 4) is 5.69 Å². The summed E-state index contributed by atoms with van der Waals surface area (Å²) in [4.78, 5) is 0. The van der Waals surface area contributed by atoms with Crippen molar-refractivity contribution >= 4 is 24.3 Å². The van der Waals surface area contributed by atoms with Crippen LogP contribution in [-0.4, -0.2) is 23.1 Å². The van der Waals surface area contributed by atoms with Crippen molar-refractivity contribution in [3.05, 3.63) is 47.5 Å². The molecule has 0 unspecified atom stereocenters. The molecule has 0 aliphatic rings. The quantitative estimate of drug-likeness (QED) is 0.641. The lowest BCUT2D eigenvalue weighted by Gasteiger charge is -2.19. The second-order valence-electron chi connectivity index (χ2n) is 8.73. The molecule has 0 bridgehead atoms. The van der Waals surface area contributed by atoms with E-state index in [0.29, 0.717) is 0 Å². The summed E-state index contributed by atoms with van der Waals surface area (Å²) in [5.41, 5.74) is 5.99. The fraction of sp³-hybridized carbons (Fsp3) is 0.400. The van der Waals surface area contributed by atoms with Crippen LogP contribution in [0.2, 0.25) is 19.6 Å². The second kappa shape index (κ2) is 5.55. The summed E-state index contributed by atoms with van der Waals surface area (Å²) in [6.07, 6.45) is 0. The van der Waals surface area contributed by atoms with Crippen LogP contribution in [0.3, 0.4) is 0 Å². The molecule has 126 valence electrons. The number of aryl methyl sites for hydroxylation is 1. The Bertz CT molecular complexity index is 878. The van der Waals surface area contributed by atoms with E-state index in [4.69, 9.17) is 0 Å². The Balaban J connectivity index is 2.16. The van der Waals surface area contributed by atoms with Crippen LogP contribution >= 0.6 is 0 Å². The number of hydrogen-bond donors (Lipinski definition) is 0. The van der Waals surface area contributed by atoms with Crippen molar-refractivity contribution in [2.45, 2.75) is 52.8 Å². The Morgan fingerprint density at radius 3 is 2.12 bits per heavy atom. The van der Waals surface area contributed by atoms with E-state index < -0.39 is 8.07 Å². The molecule has 4 heteroatoms. The Morgan fingerprint density at radius 1 is 0.958 bits per heavy atom. The Labute approximate surface area is 145 Å². The minimum Gasteiger partial charge on any atom is -0.213 e. The molecule has 0 amide bonds. The van der Waals surface area contributed by atoms with Crippen molar-refractivity contribution in [2.75, 3.05) is 0 Å². The van der Waals surface area contributed by atoms with E-state index in [1.165, 1.54) is 16.3 Å². The van der Waals surface area contributed by atoms with Crippen LogP contribution in [0.4, 0.5) is 0 Å². The highest BCUT2D eigenvalue weighted by atomic mass is 28.3. The predicted octanol–water partition coefficient (Wildman–Crippen LogP) is 4.57. The largest absolute Gasteiger partial charge is 0.213 e. The first-order valence-corrected chi connectivity index (χ1v) is 12.0. The first-order chi connectivity index (χ1) is 11.1. The number of aromatic nitrogens is 3. The zero-order chi connectivity index (χ0) is 17.7. The van der Waals surface area contributed by atoms with Gasteiger partial charge in [0.05, 0.1) is 19.3 Å². The maximum Gasteiger partial charge on any atom is 0.112 e. The molecule has 0 fully saturated rings. The molecule has 0 saturated carbocycles. The molecule has 1 heterocycles. The number of fused-ring (bicyclic) bond motifs is 1. The van der Waals surface area contributed by atoms with Crippen molar-refractivity contribution in [2.24, 2.45) is 0 Å². The third-order valence-corrected chi connectivity index (χ3v) is 6.48. The van der Waals surface area contributed by atoms with Crippen LogP contribution in [0.25, 0.3) is 16.7 Å². The van der Waals surface area contributed by atoms with Gasteiger partial charge >= 0.3 is 0 Å². The average molecular weight is 338 g/mol. The van der Waals surface area contributed by atoms with Gasteiger partial charge in [0.2, 0.25) is 0 Å². The lowest BCUT2D eigenvalue weighted by molar-refractivity contribution is 0.590. The number of benzene rings is 2. The molecular formula is C20H27N3Si. The van der Waals surface area contributed by atoms with Crippen molar-refractivity contribution in [3.63, 3.8) is 0 Å². The third-order valence-electron chi connectivity index (χ3n) is 4.48. The molecule has 0 aliphatic carbocycles. The van der Waals surface area contributed by atoms with E-state index >= 15 is 0 Å². The number of rotatable bonds is 2. The highest BCUT2D eigenvalue weighted by Gasteiger charge is 2.23. The summed E-state index contributed by atoms with van der Waals surface area (Å²) < 4.78 is 1.97. The van der Waals surface area contributed by atoms with Crippen molar-refractivity contribution in [1.29, 1.82) is 0 Å². The molecule has 0 spiro atoms. The van der Waals surface area contributed by atoms with Crippen molar-refractivity contribution in [1.82, 2.24) is 15.0 Å². The van der Waals surface area contributed by atoms with Gasteiger partial charge in [-0.3, -0.25) is 0 Å². The first kappa shape index (κ1) is 16.9. The standard InChI is InChI=1S/C20H27N3Si/c1-14-12-17-19(18(13-14)24(5,6)7)21-22-23(17)16-10-8-15(9-11-16)20(2,3)4/h8-13H,1-7H3. The van der Waals surface area contributed by atoms with E-state index in [-0.39, 0.29) is 5.41 Å². The monoisotopic (exact) mass is 337 g/mol. The smallest absolute Gasteiger partial charge is 0.112 e. The van der Waals surface area contributed by atoms with Gasteiger partial charge in [0.15, 0.2) is 0 Å². The molecule has 0 saturated heterocycles. The van der Waals surface area contributed by atoms with Crippen LogP contribution in [0, 0.1) is 6.92 Å². The highest BCUT2D eigenvalue weighted by molar-refractivity contribution is 6.90. The zero-order valence-electron chi connectivity index (χ0n) is 15.8. The molecule has 24 heavy (non-hydrogen) atoms. The summed E-state index contributed by atoms with van der Waals surface area (Å²) >= 11 is 0. The summed E-state index contributed by atoms with van der Waals surface area (Å²) in [5.74, 6) is 0. The van der Waals surface area contributed by atoms with Crippen LogP contribution in [0.15, 0.2) is 36.4 Å². The minimum absolute atomic E-state index is 0.157. The molecular weight excluding hydrogens is 310 g/mol. The molecule has 0 aliphatic heterocycles. The molecule has 0 radical (unpaired) electrons. The average Bonchev–Trinajstić information content (AvgIpc) is 2.88. The molecule has 1 aromatic heterocycles. The second-order valence-corrected chi connectivity index (χ2v) is 13.8. The first-order valence-electron chi connectivity index (χ1n) is 8.55. The van der Waals surface area contributed by atoms with Gasteiger partial charge in [-0.05, 0) is 46.9 Å². The van der Waals surface area contributed by atoms with Crippen LogP contribution in [0.5, 0.6) is 0 Å². The maximum atomic E-state index is 4.52. The van der Waals surface area contributed by atoms with Gasteiger partial charge < -0.3 is 0 Å². The fourth-order valence-electron chi connectivity index (χ4n) is 3.03. The van der Waals surface area contributed by atoms with E-state index in [9.17, 15) is 0 Å². The lowest BCUT2D eigenvalue weighted by Crippen LogP contribution is -2.38. The molecule has 3 nitrogen and oxygen atoms in total. The van der Waals surface area contributed by atoms with Crippen LogP contribution < -0.4 is 5.19 Å². The maximum absolute atomic E-state index is 4.52. The van der Waals surface area contributed by atoms with Gasteiger partial charge in [-0.2, -0.15) is 0 Å². The lowest BCUT2D eigenvalue weighted by atomic mass is 9.87. The van der Waals surface area contributed by atoms with E-state index in [2.05, 4.69) is 94.0 Å². The van der Waals surface area contributed by atoms with Crippen LogP contribution in [-0.2, 0) is 5.41 Å². The topological polar surface area (TPSA) is 30.7 Å². The number of hydrogen-bond acceptors (Lipinski definition) is 2. The Hall–Kier alpha value is -1.94. The summed E-state index contributed by atoms with van der Waals surface area (Å²) in [7, 11) is -1.47. The zero-order valence-corrected chi connectivity index (χ0v) is 16.8. The van der Waals surface area contributed by atoms with Gasteiger partial charge in [0.25, 0.3) is 0 Å². The van der Waals surface area contributed by atoms with Gasteiger partial charge in [-0.25, -0.2) is 4.68 Å². The molecule has 2 aromatic carbocycles. The van der Waals surface area contributed by atoms with Crippen molar-refractivity contribution < 1.29 is 0 Å². The molecule has 3 aromatic rings. The molecule has 0 N–H and O–H groups in total. The van der Waals surface area contributed by atoms with Crippen LogP contribution in [0.1, 0.15) is 31.9 Å². The summed E-state index contributed by atoms with van der Waals surface area (Å²) in [6.45, 7) is 15.9. The van der Waals surface area contributed by atoms with E-state index in [1.807, 2.05) is 4.68 Å². The predicted molar refractivity (Wildman–Crippen MR) is 105 cm³/mol. The van der Waals surface area contributed by atoms with Gasteiger partial charge in [-0.15, -0.1) is 5.10 Å². The highest BCUT2D eigenvalue weighted by Crippen LogP contribution is 2.24. The van der Waals surface area contributed by atoms with E-state index in [1.54, 1.807) is 0 Å². The normalized spacial score (nSPS) is 12.8. The molecule has 0 atom stereocenters. The van der Waals surface area contributed by atoms with Gasteiger partial charge in [-0.1, -0.05) is 63.8 Å². The van der Waals surface area contributed by atoms with Gasteiger partial charge in [0.1, 0.15) is 5.52 Å².